The Morgan fingerprint density at radius 3 is 2.67 bits per heavy atom. The van der Waals surface area contributed by atoms with Crippen LogP contribution < -0.4 is 5.73 Å². The molecule has 0 aliphatic heterocycles. The predicted molar refractivity (Wildman–Crippen MR) is 57.5 cm³/mol. The summed E-state index contributed by atoms with van der Waals surface area (Å²) >= 11 is 1.34. The molecule has 0 aromatic carbocycles. The van der Waals surface area contributed by atoms with Gasteiger partial charge in [0.05, 0.1) is 12.1 Å². The van der Waals surface area contributed by atoms with Crippen LogP contribution in [0.15, 0.2) is 10.9 Å². The first-order chi connectivity index (χ1) is 7.02. The minimum atomic E-state index is -0.521. The number of thiazole rings is 1. The highest BCUT2D eigenvalue weighted by molar-refractivity contribution is 7.07. The van der Waals surface area contributed by atoms with Gasteiger partial charge in [-0.25, -0.2) is 4.98 Å². The molecule has 0 atom stereocenters. The van der Waals surface area contributed by atoms with Crippen LogP contribution >= 0.6 is 11.3 Å². The Balaban J connectivity index is 2.81. The van der Waals surface area contributed by atoms with Crippen LogP contribution in [0.2, 0.25) is 0 Å². The number of hydrogen-bond acceptors (Lipinski definition) is 4. The van der Waals surface area contributed by atoms with Gasteiger partial charge < -0.3 is 10.6 Å². The molecule has 0 bridgehead atoms. The van der Waals surface area contributed by atoms with E-state index in [4.69, 9.17) is 5.73 Å². The van der Waals surface area contributed by atoms with Gasteiger partial charge >= 0.3 is 0 Å². The van der Waals surface area contributed by atoms with Gasteiger partial charge in [0.2, 0.25) is 5.91 Å². The Kier molecular flexibility index (Phi) is 3.79. The van der Waals surface area contributed by atoms with Crippen molar-refractivity contribution in [3.8, 4) is 0 Å². The lowest BCUT2D eigenvalue weighted by molar-refractivity contribution is -0.119. The van der Waals surface area contributed by atoms with Crippen molar-refractivity contribution in [1.29, 1.82) is 0 Å². The summed E-state index contributed by atoms with van der Waals surface area (Å²) in [5.41, 5.74) is 7.01. The summed E-state index contributed by atoms with van der Waals surface area (Å²) in [5, 5.41) is 1.65. The highest BCUT2D eigenvalue weighted by atomic mass is 32.1. The van der Waals surface area contributed by atoms with Crippen molar-refractivity contribution in [2.24, 2.45) is 5.73 Å². The number of rotatable bonds is 4. The van der Waals surface area contributed by atoms with Crippen LogP contribution in [0.1, 0.15) is 24.3 Å². The van der Waals surface area contributed by atoms with Crippen LogP contribution in [0, 0.1) is 0 Å². The van der Waals surface area contributed by atoms with Crippen molar-refractivity contribution in [2.75, 3.05) is 6.54 Å². The Bertz CT molecular complexity index is 348. The average Bonchev–Trinajstić information content (AvgIpc) is 2.65. The van der Waals surface area contributed by atoms with Crippen molar-refractivity contribution in [3.63, 3.8) is 0 Å². The molecule has 2 amide bonds. The molecular formula is C9H13N3O2S. The van der Waals surface area contributed by atoms with Crippen LogP contribution in [-0.2, 0) is 4.79 Å². The van der Waals surface area contributed by atoms with E-state index in [0.29, 0.717) is 5.69 Å². The molecule has 1 rings (SSSR count). The third-order valence-corrected chi connectivity index (χ3v) is 2.45. The van der Waals surface area contributed by atoms with E-state index in [-0.39, 0.29) is 18.5 Å². The summed E-state index contributed by atoms with van der Waals surface area (Å²) in [6.07, 6.45) is 0. The summed E-state index contributed by atoms with van der Waals surface area (Å²) < 4.78 is 0. The molecule has 6 heteroatoms. The maximum atomic E-state index is 11.8. The van der Waals surface area contributed by atoms with Crippen LogP contribution in [-0.4, -0.2) is 34.3 Å². The zero-order valence-electron chi connectivity index (χ0n) is 8.64. The fourth-order valence-corrected chi connectivity index (χ4v) is 1.65. The summed E-state index contributed by atoms with van der Waals surface area (Å²) in [6, 6.07) is -0.0771. The Labute approximate surface area is 91.9 Å². The number of aromatic nitrogens is 1. The van der Waals surface area contributed by atoms with Crippen LogP contribution in [0.3, 0.4) is 0 Å². The molecule has 1 aromatic heterocycles. The van der Waals surface area contributed by atoms with Crippen molar-refractivity contribution in [3.05, 3.63) is 16.6 Å². The molecule has 15 heavy (non-hydrogen) atoms. The lowest BCUT2D eigenvalue weighted by atomic mass is 10.3. The van der Waals surface area contributed by atoms with Crippen molar-refractivity contribution in [2.45, 2.75) is 19.9 Å². The van der Waals surface area contributed by atoms with E-state index in [1.165, 1.54) is 16.2 Å². The Hall–Kier alpha value is -1.43. The van der Waals surface area contributed by atoms with Crippen LogP contribution in [0.4, 0.5) is 0 Å². The molecule has 1 heterocycles. The molecule has 0 unspecified atom stereocenters. The quantitative estimate of drug-likeness (QED) is 0.812. The van der Waals surface area contributed by atoms with Crippen molar-refractivity contribution in [1.82, 2.24) is 9.88 Å². The fourth-order valence-electron chi connectivity index (χ4n) is 1.12. The smallest absolute Gasteiger partial charge is 0.274 e. The Morgan fingerprint density at radius 2 is 2.27 bits per heavy atom. The first-order valence-electron chi connectivity index (χ1n) is 4.50. The van der Waals surface area contributed by atoms with Gasteiger partial charge in [-0.05, 0) is 13.8 Å². The number of amides is 2. The highest BCUT2D eigenvalue weighted by Gasteiger charge is 2.21. The second-order valence-electron chi connectivity index (χ2n) is 3.37. The number of nitrogens with zero attached hydrogens (tertiary/aromatic N) is 2. The molecule has 0 fully saturated rings. The van der Waals surface area contributed by atoms with E-state index >= 15 is 0 Å². The number of nitrogens with two attached hydrogens (primary N) is 1. The lowest BCUT2D eigenvalue weighted by Crippen LogP contribution is -2.42. The first-order valence-corrected chi connectivity index (χ1v) is 5.44. The van der Waals surface area contributed by atoms with Gasteiger partial charge in [0, 0.05) is 11.4 Å². The lowest BCUT2D eigenvalue weighted by Gasteiger charge is -2.24. The predicted octanol–water partition coefficient (Wildman–Crippen LogP) is 0.479. The molecule has 0 aliphatic rings. The largest absolute Gasteiger partial charge is 0.368 e. The molecular weight excluding hydrogens is 214 g/mol. The molecule has 82 valence electrons. The maximum absolute atomic E-state index is 11.8. The number of carbonyl (C=O) groups excluding carboxylic acids is 2. The summed E-state index contributed by atoms with van der Waals surface area (Å²) in [6.45, 7) is 3.58. The molecule has 0 aliphatic carbocycles. The topological polar surface area (TPSA) is 76.3 Å². The molecule has 5 nitrogen and oxygen atoms in total. The second-order valence-corrected chi connectivity index (χ2v) is 4.09. The van der Waals surface area contributed by atoms with E-state index in [2.05, 4.69) is 4.98 Å². The third-order valence-electron chi connectivity index (χ3n) is 1.86. The maximum Gasteiger partial charge on any atom is 0.274 e. The van der Waals surface area contributed by atoms with E-state index in [0.717, 1.165) is 0 Å². The number of hydrogen-bond donors (Lipinski definition) is 1. The first kappa shape index (κ1) is 11.6. The van der Waals surface area contributed by atoms with Gasteiger partial charge in [0.1, 0.15) is 5.69 Å². The van der Waals surface area contributed by atoms with Gasteiger partial charge in [-0.1, -0.05) is 0 Å². The molecule has 0 saturated heterocycles. The van der Waals surface area contributed by atoms with Gasteiger partial charge in [0.15, 0.2) is 0 Å². The molecule has 0 saturated carbocycles. The van der Waals surface area contributed by atoms with E-state index in [9.17, 15) is 9.59 Å². The van der Waals surface area contributed by atoms with Crippen molar-refractivity contribution < 1.29 is 9.59 Å². The number of primary amides is 1. The minimum Gasteiger partial charge on any atom is -0.368 e. The molecule has 1 aromatic rings. The van der Waals surface area contributed by atoms with Gasteiger partial charge in [-0.2, -0.15) is 0 Å². The van der Waals surface area contributed by atoms with Crippen LogP contribution in [0.25, 0.3) is 0 Å². The SMILES string of the molecule is CC(C)N(CC(N)=O)C(=O)c1cscn1. The van der Waals surface area contributed by atoms with Crippen molar-refractivity contribution >= 4 is 23.2 Å². The third kappa shape index (κ3) is 3.02. The van der Waals surface area contributed by atoms with Gasteiger partial charge in [-0.3, -0.25) is 9.59 Å². The van der Waals surface area contributed by atoms with Gasteiger partial charge in [0.25, 0.3) is 5.91 Å². The second kappa shape index (κ2) is 4.88. The van der Waals surface area contributed by atoms with E-state index in [1.807, 2.05) is 13.8 Å². The summed E-state index contributed by atoms with van der Waals surface area (Å²) in [5.74, 6) is -0.780. The van der Waals surface area contributed by atoms with E-state index in [1.54, 1.807) is 10.9 Å². The van der Waals surface area contributed by atoms with Crippen LogP contribution in [0.5, 0.6) is 0 Å². The molecule has 0 radical (unpaired) electrons. The monoisotopic (exact) mass is 227 g/mol. The highest BCUT2D eigenvalue weighted by Crippen LogP contribution is 2.08. The summed E-state index contributed by atoms with van der Waals surface area (Å²) in [4.78, 5) is 27.9. The fraction of sp³-hybridized carbons (Fsp3) is 0.444. The zero-order chi connectivity index (χ0) is 11.4. The minimum absolute atomic E-state index is 0.0754. The van der Waals surface area contributed by atoms with Gasteiger partial charge in [-0.15, -0.1) is 11.3 Å². The normalized spacial score (nSPS) is 10.3. The summed E-state index contributed by atoms with van der Waals surface area (Å²) in [7, 11) is 0. The Morgan fingerprint density at radius 1 is 1.60 bits per heavy atom. The molecule has 2 N–H and O–H groups in total. The zero-order valence-corrected chi connectivity index (χ0v) is 9.45. The standard InChI is InChI=1S/C9H13N3O2S/c1-6(2)12(3-8(10)13)9(14)7-4-15-5-11-7/h4-6H,3H2,1-2H3,(H2,10,13). The average molecular weight is 227 g/mol. The molecule has 0 spiro atoms. The van der Waals surface area contributed by atoms with E-state index < -0.39 is 5.91 Å². The number of carbonyl (C=O) groups is 2.